The summed E-state index contributed by atoms with van der Waals surface area (Å²) in [5.74, 6) is 0.624. The average Bonchev–Trinajstić information content (AvgIpc) is 3.20. The van der Waals surface area contributed by atoms with Crippen LogP contribution in [0, 0.1) is 6.92 Å². The number of carbonyl (C=O) groups excluding carboxylic acids is 1. The Morgan fingerprint density at radius 1 is 1.42 bits per heavy atom. The summed E-state index contributed by atoms with van der Waals surface area (Å²) in [6, 6.07) is 6.05. The van der Waals surface area contributed by atoms with Crippen LogP contribution in [0.1, 0.15) is 40.6 Å². The van der Waals surface area contributed by atoms with Crippen molar-refractivity contribution in [2.75, 3.05) is 13.1 Å². The number of aryl methyl sites for hydroxylation is 1. The molecule has 3 heterocycles. The van der Waals surface area contributed by atoms with Gasteiger partial charge in [0.05, 0.1) is 4.70 Å². The van der Waals surface area contributed by atoms with E-state index < -0.39 is 0 Å². The molecule has 1 amide bonds. The van der Waals surface area contributed by atoms with Crippen molar-refractivity contribution in [1.29, 1.82) is 0 Å². The van der Waals surface area contributed by atoms with Gasteiger partial charge < -0.3 is 4.90 Å². The lowest BCUT2D eigenvalue weighted by Gasteiger charge is -2.31. The summed E-state index contributed by atoms with van der Waals surface area (Å²) in [6.07, 6.45) is 1.79. The lowest BCUT2D eigenvalue weighted by atomic mass is 9.97. The van der Waals surface area contributed by atoms with Gasteiger partial charge in [-0.05, 0) is 43.4 Å². The van der Waals surface area contributed by atoms with Gasteiger partial charge >= 0.3 is 5.69 Å². The molecule has 0 spiro atoms. The number of H-pyrrole nitrogens is 2. The fourth-order valence-electron chi connectivity index (χ4n) is 3.22. The Morgan fingerprint density at radius 3 is 3.08 bits per heavy atom. The highest BCUT2D eigenvalue weighted by molar-refractivity contribution is 7.13. The molecule has 0 aliphatic carbocycles. The van der Waals surface area contributed by atoms with Gasteiger partial charge in [-0.2, -0.15) is 9.47 Å². The number of aromatic amines is 2. The number of fused-ring (bicyclic) bond motifs is 1. The highest BCUT2D eigenvalue weighted by Crippen LogP contribution is 2.28. The Bertz CT molecular complexity index is 957. The van der Waals surface area contributed by atoms with Crippen LogP contribution in [0.3, 0.4) is 0 Å². The summed E-state index contributed by atoms with van der Waals surface area (Å²) in [7, 11) is 0. The molecule has 1 aromatic carbocycles. The second-order valence-electron chi connectivity index (χ2n) is 6.18. The van der Waals surface area contributed by atoms with Crippen molar-refractivity contribution < 1.29 is 4.79 Å². The molecule has 1 saturated heterocycles. The third kappa shape index (κ3) is 2.62. The minimum atomic E-state index is -0.311. The highest BCUT2D eigenvalue weighted by Gasteiger charge is 2.29. The van der Waals surface area contributed by atoms with Crippen LogP contribution in [0.4, 0.5) is 0 Å². The van der Waals surface area contributed by atoms with E-state index in [1.807, 2.05) is 30.0 Å². The van der Waals surface area contributed by atoms with E-state index in [9.17, 15) is 9.59 Å². The van der Waals surface area contributed by atoms with Crippen molar-refractivity contribution in [2.24, 2.45) is 0 Å². The largest absolute Gasteiger partial charge is 0.340 e. The number of carbonyl (C=O) groups is 1. The van der Waals surface area contributed by atoms with Gasteiger partial charge in [-0.1, -0.05) is 11.6 Å². The van der Waals surface area contributed by atoms with Crippen molar-refractivity contribution in [3.63, 3.8) is 0 Å². The van der Waals surface area contributed by atoms with Gasteiger partial charge in [-0.3, -0.25) is 9.78 Å². The van der Waals surface area contributed by atoms with Gasteiger partial charge in [0.1, 0.15) is 11.5 Å². The molecule has 1 aliphatic heterocycles. The number of hydrogen-bond donors (Lipinski definition) is 2. The molecule has 1 aliphatic rings. The van der Waals surface area contributed by atoms with Crippen molar-refractivity contribution in [3.05, 3.63) is 45.8 Å². The number of nitrogens with one attached hydrogen (secondary N) is 2. The van der Waals surface area contributed by atoms with E-state index in [0.29, 0.717) is 24.6 Å². The van der Waals surface area contributed by atoms with Crippen LogP contribution in [-0.2, 0) is 0 Å². The zero-order valence-corrected chi connectivity index (χ0v) is 14.0. The first-order valence-corrected chi connectivity index (χ1v) is 8.69. The molecule has 0 saturated carbocycles. The summed E-state index contributed by atoms with van der Waals surface area (Å²) >= 11 is 1.35. The second kappa shape index (κ2) is 5.86. The maximum Gasteiger partial charge on any atom is 0.340 e. The SMILES string of the molecule is Cc1ccc2snc(C(=O)N3CCCC(c4n[nH]c(=O)[nH]4)C3)c2c1. The monoisotopic (exact) mass is 343 g/mol. The molecule has 1 fully saturated rings. The number of benzene rings is 1. The number of piperidine rings is 1. The Hall–Kier alpha value is -2.48. The van der Waals surface area contributed by atoms with Crippen LogP contribution in [0.2, 0.25) is 0 Å². The third-order valence-corrected chi connectivity index (χ3v) is 5.27. The van der Waals surface area contributed by atoms with E-state index in [4.69, 9.17) is 0 Å². The van der Waals surface area contributed by atoms with E-state index in [1.54, 1.807) is 0 Å². The van der Waals surface area contributed by atoms with Crippen molar-refractivity contribution in [3.8, 4) is 0 Å². The lowest BCUT2D eigenvalue weighted by molar-refractivity contribution is 0.0702. The van der Waals surface area contributed by atoms with Gasteiger partial charge in [-0.15, -0.1) is 0 Å². The Balaban J connectivity index is 1.61. The zero-order chi connectivity index (χ0) is 16.7. The predicted molar refractivity (Wildman–Crippen MR) is 91.4 cm³/mol. The van der Waals surface area contributed by atoms with Gasteiger partial charge in [0, 0.05) is 24.4 Å². The van der Waals surface area contributed by atoms with E-state index in [1.165, 1.54) is 11.5 Å². The fourth-order valence-corrected chi connectivity index (χ4v) is 3.97. The van der Waals surface area contributed by atoms with Crippen LogP contribution in [-0.4, -0.2) is 43.5 Å². The quantitative estimate of drug-likeness (QED) is 0.744. The number of aromatic nitrogens is 4. The number of nitrogens with zero attached hydrogens (tertiary/aromatic N) is 3. The van der Waals surface area contributed by atoms with Crippen LogP contribution < -0.4 is 5.69 Å². The van der Waals surface area contributed by atoms with Crippen molar-refractivity contribution in [2.45, 2.75) is 25.7 Å². The normalized spacial score (nSPS) is 18.2. The molecule has 124 valence electrons. The summed E-state index contributed by atoms with van der Waals surface area (Å²) in [5.41, 5.74) is 1.33. The summed E-state index contributed by atoms with van der Waals surface area (Å²) in [4.78, 5) is 28.7. The van der Waals surface area contributed by atoms with Gasteiger partial charge in [0.25, 0.3) is 5.91 Å². The molecule has 1 atom stereocenters. The molecular formula is C16H17N5O2S. The van der Waals surface area contributed by atoms with Gasteiger partial charge in [0.2, 0.25) is 0 Å². The number of likely N-dealkylation sites (tertiary alicyclic amines) is 1. The number of amides is 1. The first kappa shape index (κ1) is 15.1. The summed E-state index contributed by atoms with van der Waals surface area (Å²) in [6.45, 7) is 3.26. The topological polar surface area (TPSA) is 94.7 Å². The zero-order valence-electron chi connectivity index (χ0n) is 13.2. The van der Waals surface area contributed by atoms with Crippen LogP contribution in [0.15, 0.2) is 23.0 Å². The van der Waals surface area contributed by atoms with E-state index >= 15 is 0 Å². The molecule has 4 rings (SSSR count). The van der Waals surface area contributed by atoms with E-state index in [2.05, 4.69) is 19.6 Å². The smallest absolute Gasteiger partial charge is 0.337 e. The molecule has 7 nitrogen and oxygen atoms in total. The van der Waals surface area contributed by atoms with Crippen molar-refractivity contribution >= 4 is 27.5 Å². The standard InChI is InChI=1S/C16H17N5O2S/c1-9-4-5-12-11(7-9)13(20-24-12)15(22)21-6-2-3-10(8-21)14-17-16(23)19-18-14/h4-5,7,10H,2-3,6,8H2,1H3,(H2,17,18,19,23). The minimum Gasteiger partial charge on any atom is -0.337 e. The van der Waals surface area contributed by atoms with Crippen LogP contribution in [0.5, 0.6) is 0 Å². The Labute approximate surface area is 141 Å². The fraction of sp³-hybridized carbons (Fsp3) is 0.375. The van der Waals surface area contributed by atoms with E-state index in [-0.39, 0.29) is 17.5 Å². The molecule has 8 heteroatoms. The molecule has 24 heavy (non-hydrogen) atoms. The molecule has 1 unspecified atom stereocenters. The molecule has 0 bridgehead atoms. The maximum absolute atomic E-state index is 12.9. The molecular weight excluding hydrogens is 326 g/mol. The molecule has 0 radical (unpaired) electrons. The molecule has 3 aromatic rings. The number of hydrogen-bond acceptors (Lipinski definition) is 5. The summed E-state index contributed by atoms with van der Waals surface area (Å²) < 4.78 is 5.41. The van der Waals surface area contributed by atoms with E-state index in [0.717, 1.165) is 28.5 Å². The van der Waals surface area contributed by atoms with Crippen molar-refractivity contribution in [1.82, 2.24) is 24.5 Å². The van der Waals surface area contributed by atoms with Gasteiger partial charge in [-0.25, -0.2) is 9.89 Å². The average molecular weight is 343 g/mol. The molecule has 2 aromatic heterocycles. The first-order chi connectivity index (χ1) is 11.6. The maximum atomic E-state index is 12.9. The lowest BCUT2D eigenvalue weighted by Crippen LogP contribution is -2.39. The highest BCUT2D eigenvalue weighted by atomic mass is 32.1. The van der Waals surface area contributed by atoms with Gasteiger partial charge in [0.15, 0.2) is 0 Å². The summed E-state index contributed by atoms with van der Waals surface area (Å²) in [5, 5.41) is 7.32. The number of rotatable bonds is 2. The Morgan fingerprint density at radius 2 is 2.29 bits per heavy atom. The first-order valence-electron chi connectivity index (χ1n) is 7.92. The van der Waals surface area contributed by atoms with Crippen LogP contribution in [0.25, 0.3) is 10.1 Å². The Kier molecular flexibility index (Phi) is 3.68. The minimum absolute atomic E-state index is 0.0468. The second-order valence-corrected chi connectivity index (χ2v) is 6.99. The molecule has 2 N–H and O–H groups in total. The van der Waals surface area contributed by atoms with Crippen LogP contribution >= 0.6 is 11.5 Å². The third-order valence-electron chi connectivity index (χ3n) is 4.44. The predicted octanol–water partition coefficient (Wildman–Crippen LogP) is 2.04.